The monoisotopic (exact) mass is 295 g/mol. The Hall–Kier alpha value is -1.39. The Kier molecular flexibility index (Phi) is 4.45. The van der Waals surface area contributed by atoms with Crippen LogP contribution in [0.4, 0.5) is 0 Å². The maximum atomic E-state index is 11.1. The summed E-state index contributed by atoms with van der Waals surface area (Å²) in [4.78, 5) is 20.1. The molecule has 0 spiro atoms. The fraction of sp³-hybridized carbons (Fsp3) is 0.286. The zero-order valence-corrected chi connectivity index (χ0v) is 12.4. The molecule has 0 saturated heterocycles. The van der Waals surface area contributed by atoms with Crippen LogP contribution in [-0.4, -0.2) is 35.3 Å². The van der Waals surface area contributed by atoms with E-state index in [2.05, 4.69) is 4.90 Å². The van der Waals surface area contributed by atoms with Crippen molar-refractivity contribution >= 4 is 18.6 Å². The third-order valence-corrected chi connectivity index (χ3v) is 3.43. The number of nitrogens with zero attached hydrogens (tertiary/aromatic N) is 1. The molecule has 0 heterocycles. The molecule has 0 bridgehead atoms. The van der Waals surface area contributed by atoms with Gasteiger partial charge in [0.25, 0.3) is 0 Å². The van der Waals surface area contributed by atoms with Crippen molar-refractivity contribution in [2.75, 3.05) is 20.6 Å². The second kappa shape index (κ2) is 5.94. The van der Waals surface area contributed by atoms with E-state index in [1.807, 2.05) is 38.4 Å². The molecular weight excluding hydrogens is 277 g/mol. The summed E-state index contributed by atoms with van der Waals surface area (Å²) < 4.78 is 15.9. The van der Waals surface area contributed by atoms with E-state index in [1.165, 1.54) is 0 Å². The Labute approximate surface area is 118 Å². The van der Waals surface area contributed by atoms with Crippen LogP contribution in [0.2, 0.25) is 0 Å². The highest BCUT2D eigenvalue weighted by Gasteiger charge is 2.18. The van der Waals surface area contributed by atoms with Crippen molar-refractivity contribution in [3.63, 3.8) is 0 Å². The van der Waals surface area contributed by atoms with Crippen LogP contribution in [0.5, 0.6) is 5.75 Å². The maximum Gasteiger partial charge on any atom is 0.524 e. The smallest absolute Gasteiger partial charge is 0.404 e. The van der Waals surface area contributed by atoms with Gasteiger partial charge < -0.3 is 9.42 Å². The number of hydrogen-bond acceptors (Lipinski definition) is 3. The van der Waals surface area contributed by atoms with Crippen LogP contribution in [0.25, 0.3) is 10.8 Å². The van der Waals surface area contributed by atoms with Gasteiger partial charge in [0, 0.05) is 11.9 Å². The van der Waals surface area contributed by atoms with E-state index in [0.717, 1.165) is 29.3 Å². The molecule has 0 atom stereocenters. The summed E-state index contributed by atoms with van der Waals surface area (Å²) >= 11 is 0. The fourth-order valence-electron chi connectivity index (χ4n) is 2.14. The van der Waals surface area contributed by atoms with Crippen molar-refractivity contribution in [2.45, 2.75) is 6.42 Å². The van der Waals surface area contributed by atoms with Crippen LogP contribution in [-0.2, 0) is 11.0 Å². The van der Waals surface area contributed by atoms with Crippen molar-refractivity contribution in [2.24, 2.45) is 0 Å². The molecule has 0 unspecified atom stereocenters. The summed E-state index contributed by atoms with van der Waals surface area (Å²) in [6.07, 6.45) is 0.784. The molecule has 5 nitrogen and oxygen atoms in total. The Morgan fingerprint density at radius 1 is 1.15 bits per heavy atom. The predicted octanol–water partition coefficient (Wildman–Crippen LogP) is 2.42. The highest BCUT2D eigenvalue weighted by Crippen LogP contribution is 2.41. The molecule has 108 valence electrons. The molecule has 20 heavy (non-hydrogen) atoms. The van der Waals surface area contributed by atoms with Gasteiger partial charge in [-0.2, -0.15) is 0 Å². The van der Waals surface area contributed by atoms with E-state index < -0.39 is 7.82 Å². The molecule has 0 aliphatic rings. The average Bonchev–Trinajstić information content (AvgIpc) is 2.34. The van der Waals surface area contributed by atoms with Crippen LogP contribution in [0, 0.1) is 0 Å². The van der Waals surface area contributed by atoms with E-state index in [4.69, 9.17) is 14.3 Å². The first-order chi connectivity index (χ1) is 9.37. The molecule has 0 fully saturated rings. The van der Waals surface area contributed by atoms with Crippen LogP contribution in [0.15, 0.2) is 36.4 Å². The minimum atomic E-state index is -4.56. The Balaban J connectivity index is 2.49. The van der Waals surface area contributed by atoms with Gasteiger partial charge in [-0.3, -0.25) is 9.79 Å². The highest BCUT2D eigenvalue weighted by atomic mass is 31.2. The SMILES string of the molecule is CN(C)CCc1cccc2cccc(OP(=O)(O)O)c12. The number of phosphoric acid groups is 1. The summed E-state index contributed by atoms with van der Waals surface area (Å²) in [7, 11) is -0.592. The van der Waals surface area contributed by atoms with E-state index in [-0.39, 0.29) is 5.75 Å². The molecule has 2 aromatic carbocycles. The van der Waals surface area contributed by atoms with Gasteiger partial charge in [0.05, 0.1) is 0 Å². The van der Waals surface area contributed by atoms with Crippen molar-refractivity contribution in [3.05, 3.63) is 42.0 Å². The summed E-state index contributed by atoms with van der Waals surface area (Å²) in [5.74, 6) is 0.227. The van der Waals surface area contributed by atoms with Crippen LogP contribution in [0.3, 0.4) is 0 Å². The molecule has 6 heteroatoms. The van der Waals surface area contributed by atoms with Gasteiger partial charge in [-0.1, -0.05) is 30.3 Å². The van der Waals surface area contributed by atoms with E-state index >= 15 is 0 Å². The Morgan fingerprint density at radius 3 is 2.40 bits per heavy atom. The molecular formula is C14H18NO4P. The molecule has 2 rings (SSSR count). The minimum absolute atomic E-state index is 0.227. The average molecular weight is 295 g/mol. The molecule has 0 aromatic heterocycles. The van der Waals surface area contributed by atoms with Crippen molar-refractivity contribution in [1.29, 1.82) is 0 Å². The van der Waals surface area contributed by atoms with Crippen LogP contribution < -0.4 is 4.52 Å². The molecule has 0 radical (unpaired) electrons. The number of benzene rings is 2. The van der Waals surface area contributed by atoms with Gasteiger partial charge >= 0.3 is 7.82 Å². The summed E-state index contributed by atoms with van der Waals surface area (Å²) in [6, 6.07) is 11.0. The second-order valence-corrected chi connectivity index (χ2v) is 6.07. The van der Waals surface area contributed by atoms with Gasteiger partial charge in [-0.15, -0.1) is 0 Å². The lowest BCUT2D eigenvalue weighted by atomic mass is 10.0. The Morgan fingerprint density at radius 2 is 1.80 bits per heavy atom. The van der Waals surface area contributed by atoms with Gasteiger partial charge in [0.1, 0.15) is 5.75 Å². The molecule has 2 N–H and O–H groups in total. The lowest BCUT2D eigenvalue weighted by molar-refractivity contribution is 0.284. The van der Waals surface area contributed by atoms with Gasteiger partial charge in [0.2, 0.25) is 0 Å². The zero-order valence-electron chi connectivity index (χ0n) is 11.5. The van der Waals surface area contributed by atoms with Crippen LogP contribution >= 0.6 is 7.82 Å². The molecule has 2 aromatic rings. The first kappa shape index (κ1) is 15.0. The largest absolute Gasteiger partial charge is 0.524 e. The quantitative estimate of drug-likeness (QED) is 0.829. The number of rotatable bonds is 5. The van der Waals surface area contributed by atoms with Gasteiger partial charge in [0.15, 0.2) is 0 Å². The third kappa shape index (κ3) is 3.81. The lowest BCUT2D eigenvalue weighted by Gasteiger charge is -2.15. The van der Waals surface area contributed by atoms with Gasteiger partial charge in [-0.25, -0.2) is 4.57 Å². The van der Waals surface area contributed by atoms with E-state index in [0.29, 0.717) is 0 Å². The van der Waals surface area contributed by atoms with Crippen molar-refractivity contribution in [3.8, 4) is 5.75 Å². The van der Waals surface area contributed by atoms with Crippen molar-refractivity contribution < 1.29 is 18.9 Å². The lowest BCUT2D eigenvalue weighted by Crippen LogP contribution is -2.15. The predicted molar refractivity (Wildman–Crippen MR) is 78.9 cm³/mol. The molecule has 0 amide bonds. The first-order valence-corrected chi connectivity index (χ1v) is 7.80. The Bertz CT molecular complexity index is 645. The number of likely N-dealkylation sites (N-methyl/N-ethyl adjacent to an activating group) is 1. The number of fused-ring (bicyclic) bond motifs is 1. The molecule has 0 aliphatic heterocycles. The van der Waals surface area contributed by atoms with Gasteiger partial charge in [-0.05, 0) is 37.5 Å². The normalized spacial score (nSPS) is 12.1. The zero-order chi connectivity index (χ0) is 14.8. The first-order valence-electron chi connectivity index (χ1n) is 6.27. The maximum absolute atomic E-state index is 11.1. The summed E-state index contributed by atoms with van der Waals surface area (Å²) in [5, 5.41) is 1.67. The molecule has 0 saturated carbocycles. The van der Waals surface area contributed by atoms with E-state index in [1.54, 1.807) is 12.1 Å². The van der Waals surface area contributed by atoms with Crippen LogP contribution in [0.1, 0.15) is 5.56 Å². The summed E-state index contributed by atoms with van der Waals surface area (Å²) in [5.41, 5.74) is 1.01. The topological polar surface area (TPSA) is 70.0 Å². The summed E-state index contributed by atoms with van der Waals surface area (Å²) in [6.45, 7) is 0.851. The number of hydrogen-bond donors (Lipinski definition) is 2. The molecule has 0 aliphatic carbocycles. The standard InChI is InChI=1S/C14H18NO4P/c1-15(2)10-9-12-6-3-5-11-7-4-8-13(14(11)12)19-20(16,17)18/h3-8H,9-10H2,1-2H3,(H2,16,17,18). The number of phosphoric ester groups is 1. The third-order valence-electron chi connectivity index (χ3n) is 3.00. The van der Waals surface area contributed by atoms with E-state index in [9.17, 15) is 4.57 Å². The highest BCUT2D eigenvalue weighted by molar-refractivity contribution is 7.46. The fourth-order valence-corrected chi connectivity index (χ4v) is 2.55. The minimum Gasteiger partial charge on any atom is -0.404 e. The van der Waals surface area contributed by atoms with Crippen molar-refractivity contribution in [1.82, 2.24) is 4.90 Å². The second-order valence-electron chi connectivity index (χ2n) is 4.91.